The van der Waals surface area contributed by atoms with Crippen molar-refractivity contribution in [2.75, 3.05) is 0 Å². The van der Waals surface area contributed by atoms with Crippen LogP contribution in [0.25, 0.3) is 0 Å². The van der Waals surface area contributed by atoms with Crippen LogP contribution < -0.4 is 5.73 Å². The Hall–Kier alpha value is -1.63. The Bertz CT molecular complexity index is 523. The van der Waals surface area contributed by atoms with Crippen LogP contribution in [0.15, 0.2) is 18.2 Å². The summed E-state index contributed by atoms with van der Waals surface area (Å²) in [4.78, 5) is 10.0. The number of alkyl halides is 3. The van der Waals surface area contributed by atoms with Crippen LogP contribution in [0.4, 0.5) is 18.9 Å². The molecule has 0 saturated heterocycles. The number of halogens is 3. The summed E-state index contributed by atoms with van der Waals surface area (Å²) in [6, 6.07) is 2.66. The van der Waals surface area contributed by atoms with Crippen LogP contribution in [0.3, 0.4) is 0 Å². The second kappa shape index (κ2) is 5.05. The Labute approximate surface area is 113 Å². The molecule has 0 atom stereocenters. The first-order valence-electron chi connectivity index (χ1n) is 6.38. The van der Waals surface area contributed by atoms with Crippen molar-refractivity contribution >= 4 is 5.69 Å². The number of nitrogens with zero attached hydrogens (tertiary/aromatic N) is 1. The average Bonchev–Trinajstić information content (AvgIpc) is 2.38. The molecule has 1 fully saturated rings. The predicted octanol–water partition coefficient (Wildman–Crippen LogP) is 3.73. The van der Waals surface area contributed by atoms with E-state index < -0.39 is 27.9 Å². The van der Waals surface area contributed by atoms with Gasteiger partial charge in [-0.1, -0.05) is 19.3 Å². The van der Waals surface area contributed by atoms with Gasteiger partial charge < -0.3 is 5.73 Å². The summed E-state index contributed by atoms with van der Waals surface area (Å²) in [6.45, 7) is 0. The van der Waals surface area contributed by atoms with Crippen LogP contribution in [0, 0.1) is 10.1 Å². The van der Waals surface area contributed by atoms with Crippen molar-refractivity contribution < 1.29 is 18.1 Å². The van der Waals surface area contributed by atoms with Gasteiger partial charge in [-0.2, -0.15) is 13.2 Å². The first kappa shape index (κ1) is 14.8. The van der Waals surface area contributed by atoms with Crippen LogP contribution in [0.1, 0.15) is 43.2 Å². The van der Waals surface area contributed by atoms with Gasteiger partial charge >= 0.3 is 6.18 Å². The minimum atomic E-state index is -4.62. The van der Waals surface area contributed by atoms with E-state index in [-0.39, 0.29) is 5.56 Å². The van der Waals surface area contributed by atoms with Gasteiger partial charge in [0.15, 0.2) is 0 Å². The Morgan fingerprint density at radius 3 is 2.25 bits per heavy atom. The summed E-state index contributed by atoms with van der Waals surface area (Å²) < 4.78 is 38.5. The third-order valence-corrected chi connectivity index (χ3v) is 3.78. The second-order valence-electron chi connectivity index (χ2n) is 5.24. The number of non-ortho nitro benzene ring substituents is 1. The van der Waals surface area contributed by atoms with Gasteiger partial charge in [0.1, 0.15) is 0 Å². The summed E-state index contributed by atoms with van der Waals surface area (Å²) >= 11 is 0. The van der Waals surface area contributed by atoms with E-state index in [0.717, 1.165) is 25.3 Å². The fourth-order valence-corrected chi connectivity index (χ4v) is 2.64. The Balaban J connectivity index is 2.52. The van der Waals surface area contributed by atoms with Gasteiger partial charge in [-0.05, 0) is 24.5 Å². The number of hydrogen-bond acceptors (Lipinski definition) is 3. The van der Waals surface area contributed by atoms with Gasteiger partial charge in [0.2, 0.25) is 0 Å². The predicted molar refractivity (Wildman–Crippen MR) is 67.0 cm³/mol. The minimum Gasteiger partial charge on any atom is -0.321 e. The molecule has 0 heterocycles. The number of rotatable bonds is 2. The van der Waals surface area contributed by atoms with E-state index in [1.54, 1.807) is 0 Å². The molecule has 2 N–H and O–H groups in total. The molecule has 0 bridgehead atoms. The van der Waals surface area contributed by atoms with Crippen molar-refractivity contribution in [1.82, 2.24) is 0 Å². The highest BCUT2D eigenvalue weighted by Crippen LogP contribution is 2.39. The minimum absolute atomic E-state index is 0.207. The highest BCUT2D eigenvalue weighted by atomic mass is 19.4. The Kier molecular flexibility index (Phi) is 3.73. The molecule has 110 valence electrons. The molecule has 1 aliphatic carbocycles. The molecular formula is C13H15F3N2O2. The summed E-state index contributed by atoms with van der Waals surface area (Å²) in [5.41, 5.74) is 3.90. The first-order chi connectivity index (χ1) is 9.22. The lowest BCUT2D eigenvalue weighted by atomic mass is 9.77. The molecule has 0 aliphatic heterocycles. The number of nitro groups is 1. The van der Waals surface area contributed by atoms with Crippen LogP contribution in [-0.4, -0.2) is 4.92 Å². The second-order valence-corrected chi connectivity index (χ2v) is 5.24. The fraction of sp³-hybridized carbons (Fsp3) is 0.538. The topological polar surface area (TPSA) is 69.2 Å². The molecule has 1 aromatic rings. The lowest BCUT2D eigenvalue weighted by molar-refractivity contribution is -0.385. The van der Waals surface area contributed by atoms with Crippen molar-refractivity contribution in [3.8, 4) is 0 Å². The number of nitrogens with two attached hydrogens (primary N) is 1. The van der Waals surface area contributed by atoms with Crippen LogP contribution in [0.2, 0.25) is 0 Å². The zero-order valence-electron chi connectivity index (χ0n) is 10.7. The molecule has 7 heteroatoms. The largest absolute Gasteiger partial charge is 0.416 e. The van der Waals surface area contributed by atoms with Crippen LogP contribution >= 0.6 is 0 Å². The summed E-state index contributed by atoms with van der Waals surface area (Å²) in [7, 11) is 0. The van der Waals surface area contributed by atoms with E-state index in [9.17, 15) is 23.3 Å². The van der Waals surface area contributed by atoms with E-state index in [4.69, 9.17) is 5.73 Å². The number of hydrogen-bond donors (Lipinski definition) is 1. The van der Waals surface area contributed by atoms with Gasteiger partial charge in [-0.25, -0.2) is 0 Å². The van der Waals surface area contributed by atoms with Crippen molar-refractivity contribution in [3.63, 3.8) is 0 Å². The van der Waals surface area contributed by atoms with Gasteiger partial charge in [-0.15, -0.1) is 0 Å². The molecule has 4 nitrogen and oxygen atoms in total. The smallest absolute Gasteiger partial charge is 0.321 e. The van der Waals surface area contributed by atoms with Gasteiger partial charge in [0.05, 0.1) is 10.5 Å². The van der Waals surface area contributed by atoms with E-state index in [1.807, 2.05) is 0 Å². The maximum Gasteiger partial charge on any atom is 0.416 e. The molecule has 0 unspecified atom stereocenters. The van der Waals surface area contributed by atoms with Crippen molar-refractivity contribution in [1.29, 1.82) is 0 Å². The molecule has 20 heavy (non-hydrogen) atoms. The molecule has 0 radical (unpaired) electrons. The summed E-state index contributed by atoms with van der Waals surface area (Å²) in [5, 5.41) is 10.8. The van der Waals surface area contributed by atoms with E-state index in [1.165, 1.54) is 6.07 Å². The highest BCUT2D eigenvalue weighted by molar-refractivity contribution is 5.43. The Morgan fingerprint density at radius 2 is 1.75 bits per heavy atom. The molecule has 0 spiro atoms. The van der Waals surface area contributed by atoms with Crippen LogP contribution in [-0.2, 0) is 11.7 Å². The third-order valence-electron chi connectivity index (χ3n) is 3.78. The zero-order chi connectivity index (χ0) is 15.0. The SMILES string of the molecule is NC1(c2cc([N+](=O)[O-])cc(C(F)(F)F)c2)CCCCC1. The third kappa shape index (κ3) is 2.92. The maximum absolute atomic E-state index is 12.8. The summed E-state index contributed by atoms with van der Waals surface area (Å²) in [5.74, 6) is 0. The molecule has 1 aliphatic rings. The molecule has 1 saturated carbocycles. The average molecular weight is 288 g/mol. The van der Waals surface area contributed by atoms with Crippen molar-refractivity contribution in [2.45, 2.75) is 43.8 Å². The number of nitro benzene ring substituents is 1. The zero-order valence-corrected chi connectivity index (χ0v) is 10.7. The molecule has 0 aromatic heterocycles. The lowest BCUT2D eigenvalue weighted by Crippen LogP contribution is -2.38. The lowest BCUT2D eigenvalue weighted by Gasteiger charge is -2.34. The van der Waals surface area contributed by atoms with E-state index in [0.29, 0.717) is 18.9 Å². The highest BCUT2D eigenvalue weighted by Gasteiger charge is 2.36. The normalized spacial score (nSPS) is 18.8. The van der Waals surface area contributed by atoms with Crippen molar-refractivity contribution in [3.05, 3.63) is 39.4 Å². The molecule has 0 amide bonds. The molecule has 1 aromatic carbocycles. The van der Waals surface area contributed by atoms with Crippen molar-refractivity contribution in [2.24, 2.45) is 5.73 Å². The summed E-state index contributed by atoms with van der Waals surface area (Å²) in [6.07, 6.45) is -0.899. The van der Waals surface area contributed by atoms with Crippen LogP contribution in [0.5, 0.6) is 0 Å². The van der Waals surface area contributed by atoms with E-state index in [2.05, 4.69) is 0 Å². The maximum atomic E-state index is 12.8. The van der Waals surface area contributed by atoms with Gasteiger partial charge in [0.25, 0.3) is 5.69 Å². The Morgan fingerprint density at radius 1 is 1.15 bits per heavy atom. The number of benzene rings is 1. The van der Waals surface area contributed by atoms with E-state index >= 15 is 0 Å². The molecular weight excluding hydrogens is 273 g/mol. The fourth-order valence-electron chi connectivity index (χ4n) is 2.64. The quantitative estimate of drug-likeness (QED) is 0.666. The monoisotopic (exact) mass is 288 g/mol. The standard InChI is InChI=1S/C13H15F3N2O2/c14-13(15,16)10-6-9(7-11(8-10)18(19)20)12(17)4-2-1-3-5-12/h6-8H,1-5,17H2. The first-order valence-corrected chi connectivity index (χ1v) is 6.38. The van der Waals surface area contributed by atoms with Gasteiger partial charge in [-0.3, -0.25) is 10.1 Å². The molecule has 2 rings (SSSR count). The van der Waals surface area contributed by atoms with Gasteiger partial charge in [0, 0.05) is 17.7 Å².